The van der Waals surface area contributed by atoms with Gasteiger partial charge in [-0.15, -0.1) is 0 Å². The Labute approximate surface area is 128 Å². The van der Waals surface area contributed by atoms with Gasteiger partial charge in [-0.25, -0.2) is 9.18 Å². The van der Waals surface area contributed by atoms with Gasteiger partial charge in [-0.2, -0.15) is 5.10 Å². The molecular weight excluding hydrogens is 287 g/mol. The Bertz CT molecular complexity index is 657. The molecule has 2 amide bonds. The van der Waals surface area contributed by atoms with Gasteiger partial charge in [-0.1, -0.05) is 0 Å². The molecule has 0 aliphatic carbocycles. The van der Waals surface area contributed by atoms with Crippen LogP contribution in [0.1, 0.15) is 18.3 Å². The van der Waals surface area contributed by atoms with Crippen molar-refractivity contribution in [2.75, 3.05) is 12.4 Å². The fraction of sp³-hybridized carbons (Fsp3) is 0.333. The van der Waals surface area contributed by atoms with E-state index in [1.807, 2.05) is 19.9 Å². The number of hydrogen-bond acceptors (Lipinski definition) is 3. The highest BCUT2D eigenvalue weighted by atomic mass is 19.1. The van der Waals surface area contributed by atoms with Crippen molar-refractivity contribution in [3.63, 3.8) is 0 Å². The number of ether oxygens (including phenoxy) is 1. The predicted molar refractivity (Wildman–Crippen MR) is 81.6 cm³/mol. The molecule has 6 nitrogen and oxygen atoms in total. The summed E-state index contributed by atoms with van der Waals surface area (Å²) in [6.07, 6.45) is 0.595. The average molecular weight is 306 g/mol. The highest BCUT2D eigenvalue weighted by molar-refractivity contribution is 5.91. The minimum Gasteiger partial charge on any atom is -0.495 e. The zero-order chi connectivity index (χ0) is 16.1. The van der Waals surface area contributed by atoms with Gasteiger partial charge in [-0.3, -0.25) is 5.10 Å². The molecule has 1 atom stereocenters. The van der Waals surface area contributed by atoms with E-state index in [1.54, 1.807) is 0 Å². The van der Waals surface area contributed by atoms with E-state index < -0.39 is 11.8 Å². The molecular formula is C15H19FN4O2. The maximum Gasteiger partial charge on any atom is 0.319 e. The van der Waals surface area contributed by atoms with E-state index in [4.69, 9.17) is 4.74 Å². The van der Waals surface area contributed by atoms with Crippen molar-refractivity contribution in [2.45, 2.75) is 26.3 Å². The van der Waals surface area contributed by atoms with E-state index in [0.717, 1.165) is 11.4 Å². The van der Waals surface area contributed by atoms with Crippen LogP contribution < -0.4 is 15.4 Å². The second-order valence-corrected chi connectivity index (χ2v) is 5.09. The summed E-state index contributed by atoms with van der Waals surface area (Å²) in [6.45, 7) is 3.78. The van der Waals surface area contributed by atoms with E-state index in [1.165, 1.54) is 25.3 Å². The van der Waals surface area contributed by atoms with Crippen molar-refractivity contribution >= 4 is 11.7 Å². The van der Waals surface area contributed by atoms with Gasteiger partial charge >= 0.3 is 6.03 Å². The lowest BCUT2D eigenvalue weighted by Gasteiger charge is -2.15. The second kappa shape index (κ2) is 6.93. The van der Waals surface area contributed by atoms with Crippen LogP contribution in [0.3, 0.4) is 0 Å². The Balaban J connectivity index is 1.93. The molecule has 3 N–H and O–H groups in total. The minimum absolute atomic E-state index is 0.123. The minimum atomic E-state index is -0.448. The van der Waals surface area contributed by atoms with Crippen LogP contribution in [-0.2, 0) is 6.42 Å². The average Bonchev–Trinajstić information content (AvgIpc) is 2.83. The van der Waals surface area contributed by atoms with Crippen molar-refractivity contribution in [1.29, 1.82) is 0 Å². The Morgan fingerprint density at radius 2 is 2.23 bits per heavy atom. The van der Waals surface area contributed by atoms with Crippen LogP contribution >= 0.6 is 0 Å². The van der Waals surface area contributed by atoms with Crippen LogP contribution in [0.2, 0.25) is 0 Å². The Morgan fingerprint density at radius 1 is 1.45 bits per heavy atom. The molecule has 0 radical (unpaired) electrons. The van der Waals surface area contributed by atoms with Gasteiger partial charge in [0.05, 0.1) is 18.5 Å². The number of aromatic amines is 1. The number of nitrogens with one attached hydrogen (secondary N) is 3. The van der Waals surface area contributed by atoms with E-state index in [-0.39, 0.29) is 11.7 Å². The molecule has 7 heteroatoms. The molecule has 0 saturated heterocycles. The van der Waals surface area contributed by atoms with Gasteiger partial charge in [0.25, 0.3) is 0 Å². The van der Waals surface area contributed by atoms with Crippen molar-refractivity contribution in [1.82, 2.24) is 15.5 Å². The van der Waals surface area contributed by atoms with Gasteiger partial charge in [0.15, 0.2) is 0 Å². The number of rotatable bonds is 5. The number of urea groups is 1. The standard InChI is InChI=1S/C15H19FN4O2/c1-9(6-12-7-10(2)19-20-12)17-15(21)18-13-8-11(16)4-5-14(13)22-3/h4-5,7-9H,6H2,1-3H3,(H,19,20)(H2,17,18,21)/t9-/m1/s1. The molecule has 0 unspecified atom stereocenters. The monoisotopic (exact) mass is 306 g/mol. The normalized spacial score (nSPS) is 11.8. The van der Waals surface area contributed by atoms with Gasteiger partial charge in [0, 0.05) is 24.2 Å². The summed E-state index contributed by atoms with van der Waals surface area (Å²) in [4.78, 5) is 12.0. The van der Waals surface area contributed by atoms with E-state index in [2.05, 4.69) is 20.8 Å². The Hall–Kier alpha value is -2.57. The van der Waals surface area contributed by atoms with Crippen LogP contribution in [0.5, 0.6) is 5.75 Å². The molecule has 22 heavy (non-hydrogen) atoms. The number of halogens is 1. The maximum absolute atomic E-state index is 13.2. The van der Waals surface area contributed by atoms with Gasteiger partial charge in [0.2, 0.25) is 0 Å². The molecule has 0 aliphatic heterocycles. The fourth-order valence-corrected chi connectivity index (χ4v) is 2.10. The van der Waals surface area contributed by atoms with E-state index in [9.17, 15) is 9.18 Å². The molecule has 0 spiro atoms. The van der Waals surface area contributed by atoms with E-state index in [0.29, 0.717) is 12.2 Å². The number of anilines is 1. The van der Waals surface area contributed by atoms with Crippen LogP contribution in [0.15, 0.2) is 24.3 Å². The fourth-order valence-electron chi connectivity index (χ4n) is 2.10. The highest BCUT2D eigenvalue weighted by Gasteiger charge is 2.12. The lowest BCUT2D eigenvalue weighted by atomic mass is 10.2. The second-order valence-electron chi connectivity index (χ2n) is 5.09. The van der Waals surface area contributed by atoms with Crippen molar-refractivity contribution < 1.29 is 13.9 Å². The van der Waals surface area contributed by atoms with Crippen molar-refractivity contribution in [3.05, 3.63) is 41.5 Å². The zero-order valence-electron chi connectivity index (χ0n) is 12.7. The molecule has 0 bridgehead atoms. The Morgan fingerprint density at radius 3 is 2.86 bits per heavy atom. The third-order valence-electron chi connectivity index (χ3n) is 3.06. The maximum atomic E-state index is 13.2. The molecule has 0 saturated carbocycles. The molecule has 0 aliphatic rings. The number of carbonyl (C=O) groups excluding carboxylic acids is 1. The van der Waals surface area contributed by atoms with Crippen LogP contribution in [0, 0.1) is 12.7 Å². The molecule has 1 aromatic carbocycles. The summed E-state index contributed by atoms with van der Waals surface area (Å²) in [6, 6.07) is 5.31. The van der Waals surface area contributed by atoms with Crippen LogP contribution in [0.25, 0.3) is 0 Å². The number of methoxy groups -OCH3 is 1. The first-order valence-corrected chi connectivity index (χ1v) is 6.90. The Kier molecular flexibility index (Phi) is 4.98. The zero-order valence-corrected chi connectivity index (χ0v) is 12.7. The number of benzene rings is 1. The third-order valence-corrected chi connectivity index (χ3v) is 3.06. The smallest absolute Gasteiger partial charge is 0.319 e. The molecule has 118 valence electrons. The molecule has 2 rings (SSSR count). The first kappa shape index (κ1) is 15.8. The van der Waals surface area contributed by atoms with Gasteiger partial charge < -0.3 is 15.4 Å². The van der Waals surface area contributed by atoms with Crippen LogP contribution in [0.4, 0.5) is 14.9 Å². The van der Waals surface area contributed by atoms with Crippen LogP contribution in [-0.4, -0.2) is 29.4 Å². The van der Waals surface area contributed by atoms with E-state index >= 15 is 0 Å². The third kappa shape index (κ3) is 4.21. The van der Waals surface area contributed by atoms with Gasteiger partial charge in [0.1, 0.15) is 11.6 Å². The predicted octanol–water partition coefficient (Wildman–Crippen LogP) is 2.62. The highest BCUT2D eigenvalue weighted by Crippen LogP contribution is 2.24. The summed E-state index contributed by atoms with van der Waals surface area (Å²) in [5.74, 6) is -0.0525. The first-order chi connectivity index (χ1) is 10.5. The number of amides is 2. The largest absolute Gasteiger partial charge is 0.495 e. The molecule has 0 fully saturated rings. The summed E-state index contributed by atoms with van der Waals surface area (Å²) < 4.78 is 18.3. The SMILES string of the molecule is COc1ccc(F)cc1NC(=O)N[C@H](C)Cc1cc(C)[nH]n1. The summed E-state index contributed by atoms with van der Waals surface area (Å²) in [5.41, 5.74) is 2.12. The molecule has 1 aromatic heterocycles. The first-order valence-electron chi connectivity index (χ1n) is 6.90. The number of hydrogen-bond donors (Lipinski definition) is 3. The lowest BCUT2D eigenvalue weighted by molar-refractivity contribution is 0.249. The molecule has 1 heterocycles. The number of aryl methyl sites for hydroxylation is 1. The summed E-state index contributed by atoms with van der Waals surface area (Å²) in [5, 5.41) is 12.3. The van der Waals surface area contributed by atoms with Crippen molar-refractivity contribution in [2.24, 2.45) is 0 Å². The summed E-state index contributed by atoms with van der Waals surface area (Å²) in [7, 11) is 1.46. The topological polar surface area (TPSA) is 79.0 Å². The van der Waals surface area contributed by atoms with Gasteiger partial charge in [-0.05, 0) is 32.0 Å². The lowest BCUT2D eigenvalue weighted by Crippen LogP contribution is -2.37. The number of H-pyrrole nitrogens is 1. The quantitative estimate of drug-likeness (QED) is 0.794. The van der Waals surface area contributed by atoms with Crippen molar-refractivity contribution in [3.8, 4) is 5.75 Å². The number of nitrogens with zero attached hydrogens (tertiary/aromatic N) is 1. The number of carbonyl (C=O) groups is 1. The summed E-state index contributed by atoms with van der Waals surface area (Å²) >= 11 is 0. The molecule has 2 aromatic rings. The number of aromatic nitrogens is 2.